The Balaban J connectivity index is 2.56. The first-order valence-corrected chi connectivity index (χ1v) is 5.87. The highest BCUT2D eigenvalue weighted by atomic mass is 35.5. The third-order valence-corrected chi connectivity index (χ3v) is 2.90. The monoisotopic (exact) mass is 283 g/mol. The van der Waals surface area contributed by atoms with E-state index in [4.69, 9.17) is 23.2 Å². The molecule has 0 aliphatic heterocycles. The zero-order chi connectivity index (χ0) is 13.3. The molecule has 1 aromatic heterocycles. The van der Waals surface area contributed by atoms with Gasteiger partial charge >= 0.3 is 0 Å². The van der Waals surface area contributed by atoms with Crippen molar-refractivity contribution < 1.29 is 9.18 Å². The number of ketones is 1. The van der Waals surface area contributed by atoms with E-state index in [2.05, 4.69) is 4.98 Å². The lowest BCUT2D eigenvalue weighted by Crippen LogP contribution is -1.95. The van der Waals surface area contributed by atoms with E-state index < -0.39 is 5.82 Å². The van der Waals surface area contributed by atoms with Crippen molar-refractivity contribution in [2.75, 3.05) is 0 Å². The highest BCUT2D eigenvalue weighted by molar-refractivity contribution is 6.31. The van der Waals surface area contributed by atoms with E-state index in [0.29, 0.717) is 16.8 Å². The first-order chi connectivity index (χ1) is 8.47. The summed E-state index contributed by atoms with van der Waals surface area (Å²) in [5.41, 5.74) is 1.53. The van der Waals surface area contributed by atoms with Crippen molar-refractivity contribution >= 4 is 29.0 Å². The summed E-state index contributed by atoms with van der Waals surface area (Å²) in [6, 6.07) is 7.30. The third-order valence-electron chi connectivity index (χ3n) is 2.42. The standard InChI is InChI=1S/C13H8Cl2FNO/c1-7(18)9-5-12(17-13(15)6-9)8-2-3-11(16)10(14)4-8/h2-6H,1H3. The van der Waals surface area contributed by atoms with Crippen molar-refractivity contribution in [2.45, 2.75) is 6.92 Å². The molecule has 2 nitrogen and oxygen atoms in total. The van der Waals surface area contributed by atoms with Gasteiger partial charge in [-0.25, -0.2) is 9.37 Å². The van der Waals surface area contributed by atoms with Crippen LogP contribution in [0.5, 0.6) is 0 Å². The van der Waals surface area contributed by atoms with Gasteiger partial charge in [0, 0.05) is 11.1 Å². The molecule has 0 aliphatic rings. The van der Waals surface area contributed by atoms with E-state index in [1.54, 1.807) is 6.07 Å². The molecule has 0 bridgehead atoms. The van der Waals surface area contributed by atoms with E-state index in [0.717, 1.165) is 0 Å². The predicted octanol–water partition coefficient (Wildman–Crippen LogP) is 4.40. The number of carbonyl (C=O) groups excluding carboxylic acids is 1. The SMILES string of the molecule is CC(=O)c1cc(Cl)nc(-c2ccc(F)c(Cl)c2)c1. The van der Waals surface area contributed by atoms with Crippen LogP contribution >= 0.6 is 23.2 Å². The average Bonchev–Trinajstić information content (AvgIpc) is 2.31. The predicted molar refractivity (Wildman–Crippen MR) is 69.7 cm³/mol. The van der Waals surface area contributed by atoms with Gasteiger partial charge in [-0.1, -0.05) is 23.2 Å². The van der Waals surface area contributed by atoms with Crippen LogP contribution in [0.1, 0.15) is 17.3 Å². The molecule has 0 saturated carbocycles. The summed E-state index contributed by atoms with van der Waals surface area (Å²) in [5, 5.41) is 0.205. The number of hydrogen-bond donors (Lipinski definition) is 0. The number of Topliss-reactive ketones (excluding diaryl/α,β-unsaturated/α-hetero) is 1. The second-order valence-electron chi connectivity index (χ2n) is 3.75. The fourth-order valence-electron chi connectivity index (χ4n) is 1.50. The van der Waals surface area contributed by atoms with E-state index in [1.165, 1.54) is 31.2 Å². The van der Waals surface area contributed by atoms with Crippen molar-refractivity contribution in [1.29, 1.82) is 0 Å². The van der Waals surface area contributed by atoms with Crippen LogP contribution in [0.2, 0.25) is 10.2 Å². The van der Waals surface area contributed by atoms with Gasteiger partial charge in [0.2, 0.25) is 0 Å². The minimum atomic E-state index is -0.505. The molecule has 0 amide bonds. The van der Waals surface area contributed by atoms with E-state index in [1.807, 2.05) is 0 Å². The molecular weight excluding hydrogens is 276 g/mol. The molecule has 5 heteroatoms. The minimum Gasteiger partial charge on any atom is -0.295 e. The van der Waals surface area contributed by atoms with Crippen LogP contribution < -0.4 is 0 Å². The lowest BCUT2D eigenvalue weighted by molar-refractivity contribution is 0.101. The molecule has 2 rings (SSSR count). The molecule has 0 unspecified atom stereocenters. The fraction of sp³-hybridized carbons (Fsp3) is 0.0769. The molecule has 0 N–H and O–H groups in total. The van der Waals surface area contributed by atoms with E-state index >= 15 is 0 Å². The first kappa shape index (κ1) is 13.0. The number of hydrogen-bond acceptors (Lipinski definition) is 2. The van der Waals surface area contributed by atoms with Gasteiger partial charge in [0.25, 0.3) is 0 Å². The topological polar surface area (TPSA) is 30.0 Å². The zero-order valence-electron chi connectivity index (χ0n) is 9.38. The molecule has 0 fully saturated rings. The molecule has 92 valence electrons. The highest BCUT2D eigenvalue weighted by Gasteiger charge is 2.09. The van der Waals surface area contributed by atoms with Crippen LogP contribution in [0.15, 0.2) is 30.3 Å². The normalized spacial score (nSPS) is 10.4. The molecule has 2 aromatic rings. The van der Waals surface area contributed by atoms with Gasteiger partial charge in [-0.2, -0.15) is 0 Å². The van der Waals surface area contributed by atoms with Gasteiger partial charge in [0.1, 0.15) is 11.0 Å². The van der Waals surface area contributed by atoms with Gasteiger partial charge < -0.3 is 0 Å². The van der Waals surface area contributed by atoms with Crippen molar-refractivity contribution in [3.8, 4) is 11.3 Å². The maximum Gasteiger partial charge on any atom is 0.159 e. The maximum atomic E-state index is 13.1. The summed E-state index contributed by atoms with van der Waals surface area (Å²) in [4.78, 5) is 15.4. The highest BCUT2D eigenvalue weighted by Crippen LogP contribution is 2.25. The number of halogens is 3. The Morgan fingerprint density at radius 1 is 1.22 bits per heavy atom. The van der Waals surface area contributed by atoms with Gasteiger partial charge in [0.05, 0.1) is 10.7 Å². The molecule has 1 aromatic carbocycles. The lowest BCUT2D eigenvalue weighted by Gasteiger charge is -2.05. The van der Waals surface area contributed by atoms with E-state index in [-0.39, 0.29) is 16.0 Å². The Morgan fingerprint density at radius 2 is 1.94 bits per heavy atom. The van der Waals surface area contributed by atoms with Crippen LogP contribution in [-0.4, -0.2) is 10.8 Å². The van der Waals surface area contributed by atoms with Crippen LogP contribution in [0.4, 0.5) is 4.39 Å². The van der Waals surface area contributed by atoms with Gasteiger partial charge in [-0.3, -0.25) is 4.79 Å². The number of nitrogens with zero attached hydrogens (tertiary/aromatic N) is 1. The summed E-state index contributed by atoms with van der Waals surface area (Å²) in [6.45, 7) is 1.44. The molecule has 18 heavy (non-hydrogen) atoms. The fourth-order valence-corrected chi connectivity index (χ4v) is 1.89. The lowest BCUT2D eigenvalue weighted by atomic mass is 10.1. The Kier molecular flexibility index (Phi) is 3.64. The average molecular weight is 284 g/mol. The van der Waals surface area contributed by atoms with Gasteiger partial charge in [0.15, 0.2) is 5.78 Å². The smallest absolute Gasteiger partial charge is 0.159 e. The Morgan fingerprint density at radius 3 is 2.56 bits per heavy atom. The molecule has 0 saturated heterocycles. The van der Waals surface area contributed by atoms with Gasteiger partial charge in [-0.05, 0) is 37.3 Å². The van der Waals surface area contributed by atoms with Crippen molar-refractivity contribution in [3.63, 3.8) is 0 Å². The van der Waals surface area contributed by atoms with Crippen molar-refractivity contribution in [1.82, 2.24) is 4.98 Å². The molecule has 0 atom stereocenters. The summed E-state index contributed by atoms with van der Waals surface area (Å²) >= 11 is 11.5. The van der Waals surface area contributed by atoms with Crippen molar-refractivity contribution in [2.24, 2.45) is 0 Å². The summed E-state index contributed by atoms with van der Waals surface area (Å²) in [5.74, 6) is -0.622. The molecular formula is C13H8Cl2FNO. The van der Waals surface area contributed by atoms with Gasteiger partial charge in [-0.15, -0.1) is 0 Å². The summed E-state index contributed by atoms with van der Waals surface area (Å²) in [6.07, 6.45) is 0. The molecule has 0 aliphatic carbocycles. The maximum absolute atomic E-state index is 13.1. The summed E-state index contributed by atoms with van der Waals surface area (Å²) < 4.78 is 13.1. The number of pyridine rings is 1. The molecule has 0 spiro atoms. The second kappa shape index (κ2) is 5.04. The largest absolute Gasteiger partial charge is 0.295 e. The quantitative estimate of drug-likeness (QED) is 0.604. The number of aromatic nitrogens is 1. The summed E-state index contributed by atoms with van der Waals surface area (Å²) in [7, 11) is 0. The van der Waals surface area contributed by atoms with Crippen LogP contribution in [-0.2, 0) is 0 Å². The van der Waals surface area contributed by atoms with Crippen LogP contribution in [0, 0.1) is 5.82 Å². The molecule has 1 heterocycles. The van der Waals surface area contributed by atoms with Crippen molar-refractivity contribution in [3.05, 3.63) is 51.9 Å². The Bertz CT molecular complexity index is 628. The zero-order valence-corrected chi connectivity index (χ0v) is 10.9. The first-order valence-electron chi connectivity index (χ1n) is 5.11. The Labute approximate surface area is 113 Å². The number of benzene rings is 1. The third kappa shape index (κ3) is 2.68. The minimum absolute atomic E-state index is 0.00125. The van der Waals surface area contributed by atoms with Crippen LogP contribution in [0.25, 0.3) is 11.3 Å². The molecule has 0 radical (unpaired) electrons. The number of rotatable bonds is 2. The van der Waals surface area contributed by atoms with Crippen LogP contribution in [0.3, 0.4) is 0 Å². The second-order valence-corrected chi connectivity index (χ2v) is 4.54. The number of carbonyl (C=O) groups is 1. The van der Waals surface area contributed by atoms with E-state index in [9.17, 15) is 9.18 Å². The Hall–Kier alpha value is -1.45.